The fraction of sp³-hybridized carbons (Fsp3) is 0.0870. The average molecular weight is 399 g/mol. The maximum atomic E-state index is 11.5. The van der Waals surface area contributed by atoms with Gasteiger partial charge in [0.05, 0.1) is 11.6 Å². The molecule has 5 nitrogen and oxygen atoms in total. The van der Waals surface area contributed by atoms with Crippen molar-refractivity contribution in [3.8, 4) is 16.7 Å². The lowest BCUT2D eigenvalue weighted by atomic mass is 9.87. The zero-order chi connectivity index (χ0) is 20.2. The van der Waals surface area contributed by atoms with Crippen LogP contribution in [0.3, 0.4) is 0 Å². The molecule has 1 atom stereocenters. The van der Waals surface area contributed by atoms with E-state index < -0.39 is 0 Å². The highest BCUT2D eigenvalue weighted by molar-refractivity contribution is 8.03. The average Bonchev–Trinajstić information content (AvgIpc) is 3.13. The monoisotopic (exact) mass is 399 g/mol. The van der Waals surface area contributed by atoms with Gasteiger partial charge in [0.25, 0.3) is 0 Å². The zero-order valence-corrected chi connectivity index (χ0v) is 16.2. The lowest BCUT2D eigenvalue weighted by Gasteiger charge is -2.16. The van der Waals surface area contributed by atoms with Crippen molar-refractivity contribution in [2.75, 3.05) is 6.54 Å². The third kappa shape index (κ3) is 3.86. The molecule has 0 aliphatic rings. The SMILES string of the molecule is N#CSc1ccc(-c2[nH]c3ccccc3c2C(C[N+](=O)[O-])c2ccccc2)cc1. The standard InChI is InChI=1S/C23H17N3O2S/c24-15-29-18-12-10-17(11-13-18)23-22(19-8-4-5-9-21(19)25-23)20(14-26(27)28)16-6-2-1-3-7-16/h1-13,20,25H,14H2. The van der Waals surface area contributed by atoms with Crippen LogP contribution in [0, 0.1) is 20.8 Å². The van der Waals surface area contributed by atoms with Gasteiger partial charge in [0.1, 0.15) is 5.40 Å². The Hall–Kier alpha value is -3.56. The normalized spacial score (nSPS) is 11.8. The molecular formula is C23H17N3O2S. The van der Waals surface area contributed by atoms with Gasteiger partial charge in [-0.3, -0.25) is 10.1 Å². The molecule has 0 spiro atoms. The Balaban J connectivity index is 1.93. The summed E-state index contributed by atoms with van der Waals surface area (Å²) >= 11 is 1.11. The lowest BCUT2D eigenvalue weighted by Crippen LogP contribution is -2.14. The highest BCUT2D eigenvalue weighted by Gasteiger charge is 2.27. The Morgan fingerprint density at radius 1 is 1.00 bits per heavy atom. The summed E-state index contributed by atoms with van der Waals surface area (Å²) in [5, 5.41) is 23.5. The second-order valence-corrected chi connectivity index (χ2v) is 7.51. The smallest absolute Gasteiger partial charge is 0.214 e. The largest absolute Gasteiger partial charge is 0.354 e. The van der Waals surface area contributed by atoms with Crippen LogP contribution in [0.4, 0.5) is 0 Å². The minimum atomic E-state index is -0.384. The number of fused-ring (bicyclic) bond motifs is 1. The van der Waals surface area contributed by atoms with Crippen molar-refractivity contribution < 1.29 is 4.92 Å². The maximum Gasteiger partial charge on any atom is 0.214 e. The van der Waals surface area contributed by atoms with Gasteiger partial charge in [-0.1, -0.05) is 60.7 Å². The molecule has 142 valence electrons. The fourth-order valence-corrected chi connectivity index (χ4v) is 4.07. The molecule has 0 bridgehead atoms. The number of nitriles is 1. The van der Waals surface area contributed by atoms with Crippen molar-refractivity contribution in [2.45, 2.75) is 10.8 Å². The van der Waals surface area contributed by atoms with Crippen LogP contribution in [0.1, 0.15) is 17.0 Å². The molecule has 0 saturated heterocycles. The molecule has 1 unspecified atom stereocenters. The molecule has 29 heavy (non-hydrogen) atoms. The first-order chi connectivity index (χ1) is 14.2. The Bertz CT molecular complexity index is 1190. The quantitative estimate of drug-likeness (QED) is 0.192. The van der Waals surface area contributed by atoms with Crippen LogP contribution >= 0.6 is 11.8 Å². The molecule has 0 fully saturated rings. The molecule has 0 radical (unpaired) electrons. The Morgan fingerprint density at radius 2 is 1.69 bits per heavy atom. The van der Waals surface area contributed by atoms with Crippen molar-refractivity contribution in [1.29, 1.82) is 5.26 Å². The molecule has 1 aromatic heterocycles. The number of thioether (sulfide) groups is 1. The zero-order valence-electron chi connectivity index (χ0n) is 15.4. The summed E-state index contributed by atoms with van der Waals surface area (Å²) in [6.45, 7) is -0.193. The van der Waals surface area contributed by atoms with Crippen molar-refractivity contribution in [3.05, 3.63) is 100 Å². The van der Waals surface area contributed by atoms with Gasteiger partial charge in [0.15, 0.2) is 0 Å². The molecule has 0 aliphatic carbocycles. The van der Waals surface area contributed by atoms with E-state index in [9.17, 15) is 10.1 Å². The van der Waals surface area contributed by atoms with E-state index in [1.165, 1.54) is 0 Å². The van der Waals surface area contributed by atoms with Crippen molar-refractivity contribution in [1.82, 2.24) is 4.98 Å². The van der Waals surface area contributed by atoms with E-state index in [1.807, 2.05) is 78.9 Å². The highest BCUT2D eigenvalue weighted by Crippen LogP contribution is 2.39. The number of aromatic amines is 1. The van der Waals surface area contributed by atoms with E-state index in [4.69, 9.17) is 5.26 Å². The van der Waals surface area contributed by atoms with Gasteiger partial charge in [-0.2, -0.15) is 5.26 Å². The number of nitrogens with one attached hydrogen (secondary N) is 1. The molecule has 1 N–H and O–H groups in total. The van der Waals surface area contributed by atoms with Gasteiger partial charge < -0.3 is 4.98 Å². The van der Waals surface area contributed by atoms with Gasteiger partial charge in [-0.15, -0.1) is 0 Å². The molecule has 0 amide bonds. The first-order valence-electron chi connectivity index (χ1n) is 9.11. The number of nitrogens with zero attached hydrogens (tertiary/aromatic N) is 2. The van der Waals surface area contributed by atoms with E-state index in [0.717, 1.165) is 49.9 Å². The minimum Gasteiger partial charge on any atom is -0.354 e. The number of rotatable bonds is 6. The molecular weight excluding hydrogens is 382 g/mol. The summed E-state index contributed by atoms with van der Waals surface area (Å²) in [6.07, 6.45) is 0. The number of thiocyanates is 1. The van der Waals surface area contributed by atoms with Crippen LogP contribution in [-0.4, -0.2) is 16.5 Å². The molecule has 6 heteroatoms. The Labute approximate surface area is 172 Å². The molecule has 3 aromatic carbocycles. The van der Waals surface area contributed by atoms with E-state index in [1.54, 1.807) is 0 Å². The van der Waals surface area contributed by atoms with Crippen LogP contribution in [0.2, 0.25) is 0 Å². The van der Waals surface area contributed by atoms with Crippen molar-refractivity contribution in [3.63, 3.8) is 0 Å². The number of aromatic nitrogens is 1. The van der Waals surface area contributed by atoms with Crippen LogP contribution < -0.4 is 0 Å². The maximum absolute atomic E-state index is 11.5. The summed E-state index contributed by atoms with van der Waals surface area (Å²) in [5.74, 6) is -0.384. The van der Waals surface area contributed by atoms with Crippen molar-refractivity contribution in [2.24, 2.45) is 0 Å². The van der Waals surface area contributed by atoms with Gasteiger partial charge in [0, 0.05) is 20.7 Å². The highest BCUT2D eigenvalue weighted by atomic mass is 32.2. The summed E-state index contributed by atoms with van der Waals surface area (Å²) in [5.41, 5.74) is 4.58. The third-order valence-electron chi connectivity index (χ3n) is 4.93. The van der Waals surface area contributed by atoms with Gasteiger partial charge >= 0.3 is 0 Å². The van der Waals surface area contributed by atoms with Crippen LogP contribution in [0.15, 0.2) is 83.8 Å². The fourth-order valence-electron chi connectivity index (χ4n) is 3.69. The number of hydrogen-bond donors (Lipinski definition) is 1. The number of hydrogen-bond acceptors (Lipinski definition) is 4. The van der Waals surface area contributed by atoms with E-state index in [0.29, 0.717) is 0 Å². The van der Waals surface area contributed by atoms with Gasteiger partial charge in [0.2, 0.25) is 6.54 Å². The Kier molecular flexibility index (Phi) is 5.32. The first kappa shape index (κ1) is 18.8. The predicted molar refractivity (Wildman–Crippen MR) is 115 cm³/mol. The van der Waals surface area contributed by atoms with Gasteiger partial charge in [-0.05, 0) is 46.7 Å². The molecule has 1 heterocycles. The summed E-state index contributed by atoms with van der Waals surface area (Å²) in [4.78, 5) is 15.6. The molecule has 0 saturated carbocycles. The number of nitro groups is 1. The summed E-state index contributed by atoms with van der Waals surface area (Å²) < 4.78 is 0. The van der Waals surface area contributed by atoms with E-state index in [-0.39, 0.29) is 17.4 Å². The predicted octanol–water partition coefficient (Wildman–Crippen LogP) is 5.82. The lowest BCUT2D eigenvalue weighted by molar-refractivity contribution is -0.481. The first-order valence-corrected chi connectivity index (χ1v) is 9.92. The van der Waals surface area contributed by atoms with E-state index >= 15 is 0 Å². The van der Waals surface area contributed by atoms with E-state index in [2.05, 4.69) is 10.4 Å². The van der Waals surface area contributed by atoms with Crippen LogP contribution in [0.25, 0.3) is 22.2 Å². The summed E-state index contributed by atoms with van der Waals surface area (Å²) in [7, 11) is 0. The second kappa shape index (κ2) is 8.21. The van der Waals surface area contributed by atoms with Crippen LogP contribution in [0.5, 0.6) is 0 Å². The topological polar surface area (TPSA) is 82.7 Å². The van der Waals surface area contributed by atoms with Crippen molar-refractivity contribution >= 4 is 22.7 Å². The minimum absolute atomic E-state index is 0.193. The molecule has 0 aliphatic heterocycles. The Morgan fingerprint density at radius 3 is 2.38 bits per heavy atom. The number of para-hydroxylation sites is 1. The summed E-state index contributed by atoms with van der Waals surface area (Å²) in [6, 6.07) is 25.2. The third-order valence-corrected chi connectivity index (χ3v) is 5.53. The molecule has 4 rings (SSSR count). The molecule has 4 aromatic rings. The number of benzene rings is 3. The van der Waals surface area contributed by atoms with Crippen LogP contribution in [-0.2, 0) is 0 Å². The second-order valence-electron chi connectivity index (χ2n) is 6.66. The number of H-pyrrole nitrogens is 1. The van der Waals surface area contributed by atoms with Gasteiger partial charge in [-0.25, -0.2) is 0 Å².